The summed E-state index contributed by atoms with van der Waals surface area (Å²) in [7, 11) is 0. The highest BCUT2D eigenvalue weighted by atomic mass is 16.5. The van der Waals surface area contributed by atoms with Gasteiger partial charge in [-0.15, -0.1) is 0 Å². The minimum absolute atomic E-state index is 0.00716. The van der Waals surface area contributed by atoms with Crippen molar-refractivity contribution in [2.45, 2.75) is 19.9 Å². The van der Waals surface area contributed by atoms with Crippen LogP contribution in [-0.4, -0.2) is 59.3 Å². The molecule has 1 saturated heterocycles. The molecular formula is C21H25N3O3. The molecule has 6 heteroatoms. The molecule has 2 aromatic rings. The van der Waals surface area contributed by atoms with Crippen LogP contribution in [0.2, 0.25) is 0 Å². The molecular weight excluding hydrogens is 342 g/mol. The maximum absolute atomic E-state index is 12.4. The monoisotopic (exact) mass is 367 g/mol. The van der Waals surface area contributed by atoms with Crippen molar-refractivity contribution >= 4 is 11.7 Å². The molecule has 142 valence electrons. The number of rotatable bonds is 7. The highest BCUT2D eigenvalue weighted by molar-refractivity contribution is 5.95. The van der Waals surface area contributed by atoms with E-state index in [0.717, 1.165) is 19.6 Å². The predicted octanol–water partition coefficient (Wildman–Crippen LogP) is 2.40. The van der Waals surface area contributed by atoms with Crippen LogP contribution in [0.1, 0.15) is 29.3 Å². The number of Topliss-reactive ketones (excluding diaryl/α,β-unsaturated/α-hetero) is 1. The third-order valence-electron chi connectivity index (χ3n) is 4.74. The largest absolute Gasteiger partial charge is 0.484 e. The van der Waals surface area contributed by atoms with Gasteiger partial charge in [0.15, 0.2) is 12.4 Å². The van der Waals surface area contributed by atoms with Crippen LogP contribution in [0, 0.1) is 0 Å². The maximum atomic E-state index is 12.4. The number of aromatic nitrogens is 1. The van der Waals surface area contributed by atoms with E-state index in [0.29, 0.717) is 30.8 Å². The Morgan fingerprint density at radius 3 is 2.30 bits per heavy atom. The Bertz CT molecular complexity index is 754. The minimum Gasteiger partial charge on any atom is -0.484 e. The van der Waals surface area contributed by atoms with Gasteiger partial charge in [-0.1, -0.05) is 6.92 Å². The summed E-state index contributed by atoms with van der Waals surface area (Å²) < 4.78 is 5.59. The van der Waals surface area contributed by atoms with Gasteiger partial charge in [-0.25, -0.2) is 0 Å². The maximum Gasteiger partial charge on any atom is 0.260 e. The topological polar surface area (TPSA) is 62.7 Å². The van der Waals surface area contributed by atoms with Crippen molar-refractivity contribution in [2.24, 2.45) is 0 Å². The normalized spacial score (nSPS) is 14.8. The van der Waals surface area contributed by atoms with Crippen LogP contribution in [0.15, 0.2) is 48.8 Å². The summed E-state index contributed by atoms with van der Waals surface area (Å²) in [5.41, 5.74) is 1.90. The molecule has 1 amide bonds. The Labute approximate surface area is 159 Å². The fraction of sp³-hybridized carbons (Fsp3) is 0.381. The van der Waals surface area contributed by atoms with E-state index in [9.17, 15) is 9.59 Å². The second-order valence-electron chi connectivity index (χ2n) is 6.60. The van der Waals surface area contributed by atoms with Gasteiger partial charge < -0.3 is 9.64 Å². The van der Waals surface area contributed by atoms with E-state index in [1.54, 1.807) is 36.7 Å². The van der Waals surface area contributed by atoms with Gasteiger partial charge in [0.05, 0.1) is 0 Å². The number of nitrogens with zero attached hydrogens (tertiary/aromatic N) is 3. The molecule has 0 aliphatic carbocycles. The third-order valence-corrected chi connectivity index (χ3v) is 4.74. The van der Waals surface area contributed by atoms with Crippen molar-refractivity contribution in [1.29, 1.82) is 0 Å². The average Bonchev–Trinajstić information content (AvgIpc) is 2.73. The van der Waals surface area contributed by atoms with Gasteiger partial charge in [0.25, 0.3) is 5.91 Å². The highest BCUT2D eigenvalue weighted by Gasteiger charge is 2.21. The van der Waals surface area contributed by atoms with Crippen LogP contribution in [-0.2, 0) is 11.3 Å². The van der Waals surface area contributed by atoms with Crippen molar-refractivity contribution in [3.8, 4) is 5.75 Å². The van der Waals surface area contributed by atoms with E-state index in [-0.39, 0.29) is 18.3 Å². The minimum atomic E-state index is -0.00716. The van der Waals surface area contributed by atoms with Gasteiger partial charge in [-0.05, 0) is 42.0 Å². The Morgan fingerprint density at radius 2 is 1.67 bits per heavy atom. The summed E-state index contributed by atoms with van der Waals surface area (Å²) in [6.45, 7) is 5.84. The van der Waals surface area contributed by atoms with Crippen LogP contribution in [0.5, 0.6) is 5.75 Å². The lowest BCUT2D eigenvalue weighted by atomic mass is 10.1. The summed E-state index contributed by atoms with van der Waals surface area (Å²) >= 11 is 0. The third kappa shape index (κ3) is 5.37. The van der Waals surface area contributed by atoms with Crippen molar-refractivity contribution in [3.05, 3.63) is 59.9 Å². The summed E-state index contributed by atoms with van der Waals surface area (Å²) in [6, 6.07) is 11.0. The molecule has 1 aliphatic rings. The zero-order valence-electron chi connectivity index (χ0n) is 15.6. The summed E-state index contributed by atoms with van der Waals surface area (Å²) in [5.74, 6) is 0.696. The second kappa shape index (κ2) is 9.28. The number of amides is 1. The number of piperazine rings is 1. The number of benzene rings is 1. The van der Waals surface area contributed by atoms with Gasteiger partial charge in [-0.2, -0.15) is 0 Å². The fourth-order valence-corrected chi connectivity index (χ4v) is 3.08. The van der Waals surface area contributed by atoms with Crippen LogP contribution < -0.4 is 4.74 Å². The van der Waals surface area contributed by atoms with E-state index in [1.165, 1.54) is 5.56 Å². The Morgan fingerprint density at radius 1 is 1.00 bits per heavy atom. The molecule has 1 aliphatic heterocycles. The van der Waals surface area contributed by atoms with Crippen molar-refractivity contribution < 1.29 is 14.3 Å². The first kappa shape index (κ1) is 19.0. The molecule has 0 N–H and O–H groups in total. The van der Waals surface area contributed by atoms with Gasteiger partial charge in [-0.3, -0.25) is 19.5 Å². The van der Waals surface area contributed by atoms with Crippen LogP contribution in [0.4, 0.5) is 0 Å². The number of pyridine rings is 1. The zero-order valence-corrected chi connectivity index (χ0v) is 15.6. The molecule has 0 spiro atoms. The summed E-state index contributed by atoms with van der Waals surface area (Å²) in [4.78, 5) is 32.2. The first-order valence-corrected chi connectivity index (χ1v) is 9.31. The number of hydrogen-bond donors (Lipinski definition) is 0. The van der Waals surface area contributed by atoms with Gasteiger partial charge in [0.2, 0.25) is 0 Å². The predicted molar refractivity (Wildman–Crippen MR) is 103 cm³/mol. The van der Waals surface area contributed by atoms with Crippen LogP contribution in [0.3, 0.4) is 0 Å². The molecule has 0 radical (unpaired) electrons. The molecule has 0 atom stereocenters. The average molecular weight is 367 g/mol. The van der Waals surface area contributed by atoms with Crippen LogP contribution >= 0.6 is 0 Å². The molecule has 0 saturated carbocycles. The van der Waals surface area contributed by atoms with E-state index in [4.69, 9.17) is 4.74 Å². The molecule has 1 fully saturated rings. The number of hydrogen-bond acceptors (Lipinski definition) is 5. The lowest BCUT2D eigenvalue weighted by Gasteiger charge is -2.34. The summed E-state index contributed by atoms with van der Waals surface area (Å²) in [6.07, 6.45) is 4.08. The van der Waals surface area contributed by atoms with E-state index >= 15 is 0 Å². The summed E-state index contributed by atoms with van der Waals surface area (Å²) in [5, 5.41) is 0. The van der Waals surface area contributed by atoms with E-state index in [1.807, 2.05) is 24.0 Å². The number of ketones is 1. The number of carbonyl (C=O) groups is 2. The lowest BCUT2D eigenvalue weighted by molar-refractivity contribution is -0.135. The quantitative estimate of drug-likeness (QED) is 0.703. The molecule has 2 heterocycles. The van der Waals surface area contributed by atoms with Gasteiger partial charge in [0.1, 0.15) is 5.75 Å². The van der Waals surface area contributed by atoms with E-state index in [2.05, 4.69) is 9.88 Å². The standard InChI is InChI=1S/C21H25N3O3/c1-2-20(25)18-3-5-19(6-4-18)27-16-21(26)24-13-11-23(12-14-24)15-17-7-9-22-10-8-17/h3-10H,2,11-16H2,1H3. The van der Waals surface area contributed by atoms with Gasteiger partial charge in [0, 0.05) is 57.1 Å². The number of ether oxygens (including phenoxy) is 1. The Balaban J connectivity index is 1.42. The first-order chi connectivity index (χ1) is 13.2. The number of carbonyl (C=O) groups excluding carboxylic acids is 2. The SMILES string of the molecule is CCC(=O)c1ccc(OCC(=O)N2CCN(Cc3ccncc3)CC2)cc1. The van der Waals surface area contributed by atoms with Crippen LogP contribution in [0.25, 0.3) is 0 Å². The molecule has 6 nitrogen and oxygen atoms in total. The Kier molecular flexibility index (Phi) is 6.54. The zero-order chi connectivity index (χ0) is 19.1. The van der Waals surface area contributed by atoms with Gasteiger partial charge >= 0.3 is 0 Å². The highest BCUT2D eigenvalue weighted by Crippen LogP contribution is 2.14. The fourth-order valence-electron chi connectivity index (χ4n) is 3.08. The smallest absolute Gasteiger partial charge is 0.260 e. The molecule has 0 unspecified atom stereocenters. The second-order valence-corrected chi connectivity index (χ2v) is 6.60. The van der Waals surface area contributed by atoms with Crippen molar-refractivity contribution in [1.82, 2.24) is 14.8 Å². The van der Waals surface area contributed by atoms with Crippen molar-refractivity contribution in [2.75, 3.05) is 32.8 Å². The lowest BCUT2D eigenvalue weighted by Crippen LogP contribution is -2.49. The molecule has 0 bridgehead atoms. The first-order valence-electron chi connectivity index (χ1n) is 9.31. The molecule has 1 aromatic carbocycles. The Hall–Kier alpha value is -2.73. The molecule has 3 rings (SSSR count). The molecule has 27 heavy (non-hydrogen) atoms. The molecule has 1 aromatic heterocycles. The van der Waals surface area contributed by atoms with E-state index < -0.39 is 0 Å². The van der Waals surface area contributed by atoms with Crippen molar-refractivity contribution in [3.63, 3.8) is 0 Å².